The molecule has 2 unspecified atom stereocenters. The van der Waals surface area contributed by atoms with Crippen LogP contribution in [0, 0.1) is 11.8 Å². The normalized spacial score (nSPS) is 36.6. The molecule has 21 heavy (non-hydrogen) atoms. The van der Waals surface area contributed by atoms with Gasteiger partial charge in [-0.3, -0.25) is 9.69 Å². The van der Waals surface area contributed by atoms with E-state index in [0.717, 1.165) is 31.5 Å². The summed E-state index contributed by atoms with van der Waals surface area (Å²) in [5.41, 5.74) is 0. The Morgan fingerprint density at radius 1 is 1.19 bits per heavy atom. The Morgan fingerprint density at radius 3 is 2.71 bits per heavy atom. The smallest absolute Gasteiger partial charge is 0.234 e. The highest BCUT2D eigenvalue weighted by Crippen LogP contribution is 2.25. The van der Waals surface area contributed by atoms with Gasteiger partial charge in [-0.15, -0.1) is 12.4 Å². The quantitative estimate of drug-likeness (QED) is 0.834. The summed E-state index contributed by atoms with van der Waals surface area (Å²) < 4.78 is 0. The number of piperidine rings is 1. The van der Waals surface area contributed by atoms with Gasteiger partial charge in [0.25, 0.3) is 0 Å². The second-order valence-electron chi connectivity index (χ2n) is 7.16. The van der Waals surface area contributed by atoms with Gasteiger partial charge >= 0.3 is 0 Å². The van der Waals surface area contributed by atoms with Gasteiger partial charge in [0.05, 0.1) is 6.54 Å². The van der Waals surface area contributed by atoms with Crippen LogP contribution in [-0.2, 0) is 4.79 Å². The second kappa shape index (κ2) is 7.80. The van der Waals surface area contributed by atoms with E-state index in [-0.39, 0.29) is 18.3 Å². The number of hydrogen-bond donors (Lipinski definition) is 2. The molecule has 4 nitrogen and oxygen atoms in total. The largest absolute Gasteiger partial charge is 0.352 e. The van der Waals surface area contributed by atoms with E-state index in [9.17, 15) is 4.79 Å². The molecule has 1 amide bonds. The van der Waals surface area contributed by atoms with Crippen molar-refractivity contribution in [3.8, 4) is 0 Å². The van der Waals surface area contributed by atoms with Gasteiger partial charge in [-0.2, -0.15) is 0 Å². The molecule has 2 heterocycles. The average Bonchev–Trinajstić information content (AvgIpc) is 2.89. The first-order chi connectivity index (χ1) is 9.70. The molecule has 2 atom stereocenters. The lowest BCUT2D eigenvalue weighted by Gasteiger charge is -2.35. The lowest BCUT2D eigenvalue weighted by molar-refractivity contribution is -0.123. The highest BCUT2D eigenvalue weighted by molar-refractivity contribution is 5.85. The molecule has 0 aromatic heterocycles. The second-order valence-corrected chi connectivity index (χ2v) is 7.16. The molecule has 0 bridgehead atoms. The van der Waals surface area contributed by atoms with Gasteiger partial charge in [0.15, 0.2) is 0 Å². The summed E-state index contributed by atoms with van der Waals surface area (Å²) in [4.78, 5) is 14.5. The maximum absolute atomic E-state index is 12.2. The Kier molecular flexibility index (Phi) is 6.33. The fraction of sp³-hybridized carbons (Fsp3) is 0.938. The van der Waals surface area contributed by atoms with Gasteiger partial charge in [0.1, 0.15) is 0 Å². The van der Waals surface area contributed by atoms with Gasteiger partial charge in [-0.1, -0.05) is 6.92 Å². The summed E-state index contributed by atoms with van der Waals surface area (Å²) >= 11 is 0. The summed E-state index contributed by atoms with van der Waals surface area (Å²) in [6.07, 6.45) is 7.36. The van der Waals surface area contributed by atoms with Gasteiger partial charge in [0, 0.05) is 25.2 Å². The Balaban J connectivity index is 0.00000161. The zero-order valence-electron chi connectivity index (χ0n) is 13.1. The third-order valence-corrected chi connectivity index (χ3v) is 5.49. The summed E-state index contributed by atoms with van der Waals surface area (Å²) in [6, 6.07) is 1.15. The van der Waals surface area contributed by atoms with Crippen molar-refractivity contribution >= 4 is 18.3 Å². The van der Waals surface area contributed by atoms with Crippen molar-refractivity contribution in [3.63, 3.8) is 0 Å². The van der Waals surface area contributed by atoms with Crippen LogP contribution in [0.1, 0.15) is 45.4 Å². The van der Waals surface area contributed by atoms with Crippen molar-refractivity contribution in [1.29, 1.82) is 0 Å². The van der Waals surface area contributed by atoms with Crippen LogP contribution in [0.15, 0.2) is 0 Å². The number of nitrogens with zero attached hydrogens (tertiary/aromatic N) is 1. The monoisotopic (exact) mass is 315 g/mol. The number of amides is 1. The van der Waals surface area contributed by atoms with E-state index in [1.54, 1.807) is 0 Å². The Labute approximate surface area is 134 Å². The summed E-state index contributed by atoms with van der Waals surface area (Å²) in [7, 11) is 0. The predicted octanol–water partition coefficient (Wildman–Crippen LogP) is 1.79. The molecule has 0 aromatic carbocycles. The first kappa shape index (κ1) is 17.0. The van der Waals surface area contributed by atoms with E-state index in [2.05, 4.69) is 22.5 Å². The molecular weight excluding hydrogens is 286 g/mol. The number of rotatable bonds is 3. The maximum atomic E-state index is 12.2. The topological polar surface area (TPSA) is 44.4 Å². The lowest BCUT2D eigenvalue weighted by atomic mass is 9.87. The van der Waals surface area contributed by atoms with Crippen molar-refractivity contribution in [1.82, 2.24) is 15.5 Å². The van der Waals surface area contributed by atoms with Crippen LogP contribution in [0.25, 0.3) is 0 Å². The Hall–Kier alpha value is -0.320. The molecular formula is C16H30ClN3O. The summed E-state index contributed by atoms with van der Waals surface area (Å²) in [5, 5.41) is 6.83. The van der Waals surface area contributed by atoms with E-state index >= 15 is 0 Å². The molecule has 2 aliphatic heterocycles. The number of carbonyl (C=O) groups excluding carboxylic acids is 1. The number of hydrogen-bond acceptors (Lipinski definition) is 3. The SMILES string of the molecule is CC1CCC(NC(=O)CN2CCC3NCCC3C2)CC1.Cl. The molecule has 1 saturated carbocycles. The van der Waals surface area contributed by atoms with Crippen molar-refractivity contribution in [2.45, 2.75) is 57.5 Å². The van der Waals surface area contributed by atoms with Gasteiger partial charge in [0.2, 0.25) is 5.91 Å². The van der Waals surface area contributed by atoms with Gasteiger partial charge in [-0.05, 0) is 56.9 Å². The van der Waals surface area contributed by atoms with E-state index in [1.807, 2.05) is 0 Å². The molecule has 3 aliphatic rings. The van der Waals surface area contributed by atoms with Crippen LogP contribution in [-0.4, -0.2) is 49.1 Å². The predicted molar refractivity (Wildman–Crippen MR) is 87.8 cm³/mol. The highest BCUT2D eigenvalue weighted by atomic mass is 35.5. The third-order valence-electron chi connectivity index (χ3n) is 5.49. The van der Waals surface area contributed by atoms with Crippen LogP contribution < -0.4 is 10.6 Å². The fourth-order valence-electron chi connectivity index (χ4n) is 4.15. The highest BCUT2D eigenvalue weighted by Gasteiger charge is 2.33. The minimum absolute atomic E-state index is 0. The van der Waals surface area contributed by atoms with Crippen molar-refractivity contribution in [2.75, 3.05) is 26.2 Å². The number of halogens is 1. The first-order valence-corrected chi connectivity index (χ1v) is 8.46. The number of likely N-dealkylation sites (tertiary alicyclic amines) is 1. The summed E-state index contributed by atoms with van der Waals surface area (Å²) in [6.45, 7) is 6.26. The number of fused-ring (bicyclic) bond motifs is 1. The molecule has 1 aliphatic carbocycles. The van der Waals surface area contributed by atoms with Crippen molar-refractivity contribution in [2.24, 2.45) is 11.8 Å². The molecule has 0 aromatic rings. The van der Waals surface area contributed by atoms with Crippen LogP contribution in [0.4, 0.5) is 0 Å². The third kappa shape index (κ3) is 4.57. The van der Waals surface area contributed by atoms with Gasteiger partial charge in [-0.25, -0.2) is 0 Å². The van der Waals surface area contributed by atoms with E-state index in [0.29, 0.717) is 18.6 Å². The molecule has 2 saturated heterocycles. The number of carbonyl (C=O) groups is 1. The molecule has 0 spiro atoms. The van der Waals surface area contributed by atoms with Crippen LogP contribution in [0.2, 0.25) is 0 Å². The zero-order valence-corrected chi connectivity index (χ0v) is 14.0. The van der Waals surface area contributed by atoms with Crippen LogP contribution >= 0.6 is 12.4 Å². The van der Waals surface area contributed by atoms with E-state index in [1.165, 1.54) is 38.5 Å². The van der Waals surface area contributed by atoms with E-state index in [4.69, 9.17) is 0 Å². The zero-order chi connectivity index (χ0) is 13.9. The molecule has 2 N–H and O–H groups in total. The Morgan fingerprint density at radius 2 is 1.95 bits per heavy atom. The molecule has 0 radical (unpaired) electrons. The molecule has 3 fully saturated rings. The van der Waals surface area contributed by atoms with Crippen molar-refractivity contribution in [3.05, 3.63) is 0 Å². The van der Waals surface area contributed by atoms with Gasteiger partial charge < -0.3 is 10.6 Å². The van der Waals surface area contributed by atoms with E-state index < -0.39 is 0 Å². The first-order valence-electron chi connectivity index (χ1n) is 8.46. The minimum Gasteiger partial charge on any atom is -0.352 e. The summed E-state index contributed by atoms with van der Waals surface area (Å²) in [5.74, 6) is 1.86. The Bertz CT molecular complexity index is 344. The fourth-order valence-corrected chi connectivity index (χ4v) is 4.15. The molecule has 122 valence electrons. The van der Waals surface area contributed by atoms with Crippen LogP contribution in [0.5, 0.6) is 0 Å². The van der Waals surface area contributed by atoms with Crippen molar-refractivity contribution < 1.29 is 4.79 Å². The lowest BCUT2D eigenvalue weighted by Crippen LogP contribution is -2.49. The molecule has 5 heteroatoms. The number of nitrogens with one attached hydrogen (secondary N) is 2. The van der Waals surface area contributed by atoms with Crippen LogP contribution in [0.3, 0.4) is 0 Å². The standard InChI is InChI=1S/C16H29N3O.ClH/c1-12-2-4-14(5-3-12)18-16(20)11-19-9-7-15-13(10-19)6-8-17-15;/h12-15,17H,2-11H2,1H3,(H,18,20);1H. The molecule has 3 rings (SSSR count). The maximum Gasteiger partial charge on any atom is 0.234 e. The average molecular weight is 316 g/mol. The minimum atomic E-state index is 0.